The monoisotopic (exact) mass is 235 g/mol. The van der Waals surface area contributed by atoms with E-state index in [1.165, 1.54) is 12.1 Å². The van der Waals surface area contributed by atoms with Gasteiger partial charge < -0.3 is 9.63 Å². The molecule has 1 N–H and O–H groups in total. The molecule has 5 heteroatoms. The number of aromatic nitrogens is 1. The van der Waals surface area contributed by atoms with Gasteiger partial charge >= 0.3 is 5.97 Å². The average Bonchev–Trinajstić information content (AvgIpc) is 2.59. The Balaban J connectivity index is 2.66. The molecular formula is C12H10FNO3. The predicted octanol–water partition coefficient (Wildman–Crippen LogP) is 2.80. The molecule has 0 fully saturated rings. The lowest BCUT2D eigenvalue weighted by atomic mass is 10.0. The van der Waals surface area contributed by atoms with Crippen molar-refractivity contribution >= 4 is 5.97 Å². The van der Waals surface area contributed by atoms with Crippen LogP contribution in [0.5, 0.6) is 0 Å². The smallest absolute Gasteiger partial charge is 0.335 e. The molecule has 0 radical (unpaired) electrons. The first-order valence-corrected chi connectivity index (χ1v) is 4.97. The number of halogens is 1. The Labute approximate surface area is 96.7 Å². The molecule has 4 nitrogen and oxygen atoms in total. The first kappa shape index (κ1) is 11.3. The van der Waals surface area contributed by atoms with Crippen LogP contribution in [0.3, 0.4) is 0 Å². The van der Waals surface area contributed by atoms with E-state index >= 15 is 0 Å². The number of carbonyl (C=O) groups is 1. The topological polar surface area (TPSA) is 63.3 Å². The van der Waals surface area contributed by atoms with Crippen LogP contribution in [0.2, 0.25) is 0 Å². The van der Waals surface area contributed by atoms with Crippen molar-refractivity contribution < 1.29 is 18.8 Å². The molecule has 0 bridgehead atoms. The highest BCUT2D eigenvalue weighted by Crippen LogP contribution is 2.29. The summed E-state index contributed by atoms with van der Waals surface area (Å²) < 4.78 is 18.6. The summed E-state index contributed by atoms with van der Waals surface area (Å²) in [4.78, 5) is 10.8. The van der Waals surface area contributed by atoms with E-state index in [0.29, 0.717) is 17.0 Å². The van der Waals surface area contributed by atoms with Crippen molar-refractivity contribution in [1.82, 2.24) is 5.16 Å². The second-order valence-corrected chi connectivity index (χ2v) is 3.70. The predicted molar refractivity (Wildman–Crippen MR) is 58.3 cm³/mol. The number of hydrogen-bond donors (Lipinski definition) is 1. The zero-order valence-electron chi connectivity index (χ0n) is 9.32. The summed E-state index contributed by atoms with van der Waals surface area (Å²) in [5.74, 6) is -1.13. The number of aromatic carboxylic acids is 1. The molecule has 2 rings (SSSR count). The second kappa shape index (κ2) is 4.01. The highest BCUT2D eigenvalue weighted by Gasteiger charge is 2.17. The molecule has 2 aromatic rings. The van der Waals surface area contributed by atoms with E-state index in [0.717, 1.165) is 6.07 Å². The van der Waals surface area contributed by atoms with Crippen LogP contribution in [-0.2, 0) is 0 Å². The number of nitrogens with zero attached hydrogens (tertiary/aromatic N) is 1. The molecule has 0 spiro atoms. The van der Waals surface area contributed by atoms with Gasteiger partial charge in [0.05, 0.1) is 16.8 Å². The average molecular weight is 235 g/mol. The molecule has 1 aromatic carbocycles. The van der Waals surface area contributed by atoms with Crippen LogP contribution in [-0.4, -0.2) is 16.2 Å². The molecule has 0 amide bonds. The Morgan fingerprint density at radius 1 is 1.41 bits per heavy atom. The molecule has 1 heterocycles. The lowest BCUT2D eigenvalue weighted by molar-refractivity contribution is 0.0697. The minimum Gasteiger partial charge on any atom is -0.478 e. The summed E-state index contributed by atoms with van der Waals surface area (Å²) in [7, 11) is 0. The van der Waals surface area contributed by atoms with Crippen LogP contribution >= 0.6 is 0 Å². The Morgan fingerprint density at radius 2 is 2.12 bits per heavy atom. The molecule has 0 aliphatic heterocycles. The maximum Gasteiger partial charge on any atom is 0.335 e. The van der Waals surface area contributed by atoms with E-state index in [1.54, 1.807) is 13.8 Å². The van der Waals surface area contributed by atoms with Gasteiger partial charge in [0.15, 0.2) is 0 Å². The summed E-state index contributed by atoms with van der Waals surface area (Å²) in [5, 5.41) is 12.6. The van der Waals surface area contributed by atoms with Crippen molar-refractivity contribution in [3.63, 3.8) is 0 Å². The first-order valence-electron chi connectivity index (χ1n) is 4.97. The molecule has 0 aliphatic carbocycles. The van der Waals surface area contributed by atoms with Crippen LogP contribution in [0.15, 0.2) is 22.7 Å². The van der Waals surface area contributed by atoms with Gasteiger partial charge in [0.2, 0.25) is 0 Å². The molecule has 0 atom stereocenters. The fourth-order valence-corrected chi connectivity index (χ4v) is 1.72. The van der Waals surface area contributed by atoms with Crippen molar-refractivity contribution in [1.29, 1.82) is 0 Å². The van der Waals surface area contributed by atoms with E-state index in [-0.39, 0.29) is 11.1 Å². The zero-order chi connectivity index (χ0) is 12.6. The molecule has 88 valence electrons. The third-order valence-electron chi connectivity index (χ3n) is 2.52. The van der Waals surface area contributed by atoms with Gasteiger partial charge in [-0.15, -0.1) is 0 Å². The number of carboxylic acids is 1. The number of rotatable bonds is 2. The lowest BCUT2D eigenvalue weighted by Crippen LogP contribution is -1.98. The van der Waals surface area contributed by atoms with Gasteiger partial charge in [0.25, 0.3) is 0 Å². The van der Waals surface area contributed by atoms with Gasteiger partial charge in [-0.2, -0.15) is 0 Å². The van der Waals surface area contributed by atoms with E-state index < -0.39 is 11.8 Å². The molecule has 0 unspecified atom stereocenters. The summed E-state index contributed by atoms with van der Waals surface area (Å²) in [6.45, 7) is 3.33. The zero-order valence-corrected chi connectivity index (χ0v) is 9.32. The minimum absolute atomic E-state index is 0.0291. The van der Waals surface area contributed by atoms with Crippen molar-refractivity contribution in [2.45, 2.75) is 13.8 Å². The molecule has 0 saturated carbocycles. The Morgan fingerprint density at radius 3 is 2.65 bits per heavy atom. The number of aryl methyl sites for hydroxylation is 2. The maximum absolute atomic E-state index is 13.7. The molecule has 0 saturated heterocycles. The van der Waals surface area contributed by atoms with Crippen LogP contribution in [0.25, 0.3) is 11.1 Å². The third-order valence-corrected chi connectivity index (χ3v) is 2.52. The molecular weight excluding hydrogens is 225 g/mol. The Kier molecular flexibility index (Phi) is 2.67. The summed E-state index contributed by atoms with van der Waals surface area (Å²) in [6.07, 6.45) is 0. The molecule has 17 heavy (non-hydrogen) atoms. The van der Waals surface area contributed by atoms with E-state index in [2.05, 4.69) is 5.16 Å². The van der Waals surface area contributed by atoms with Gasteiger partial charge in [-0.05, 0) is 32.0 Å². The van der Waals surface area contributed by atoms with Gasteiger partial charge in [-0.25, -0.2) is 9.18 Å². The van der Waals surface area contributed by atoms with E-state index in [1.807, 2.05) is 0 Å². The van der Waals surface area contributed by atoms with Gasteiger partial charge in [-0.3, -0.25) is 0 Å². The Hall–Kier alpha value is -2.17. The quantitative estimate of drug-likeness (QED) is 0.869. The second-order valence-electron chi connectivity index (χ2n) is 3.70. The van der Waals surface area contributed by atoms with Crippen molar-refractivity contribution in [2.75, 3.05) is 0 Å². The lowest BCUT2D eigenvalue weighted by Gasteiger charge is -2.03. The minimum atomic E-state index is -1.10. The fourth-order valence-electron chi connectivity index (χ4n) is 1.72. The van der Waals surface area contributed by atoms with Crippen LogP contribution in [0.1, 0.15) is 21.8 Å². The summed E-state index contributed by atoms with van der Waals surface area (Å²) >= 11 is 0. The van der Waals surface area contributed by atoms with E-state index in [4.69, 9.17) is 9.63 Å². The Bertz CT molecular complexity index is 570. The van der Waals surface area contributed by atoms with Crippen molar-refractivity contribution in [2.24, 2.45) is 0 Å². The van der Waals surface area contributed by atoms with Crippen molar-refractivity contribution in [3.8, 4) is 11.1 Å². The third kappa shape index (κ3) is 1.91. The largest absolute Gasteiger partial charge is 0.478 e. The van der Waals surface area contributed by atoms with Crippen LogP contribution in [0, 0.1) is 19.7 Å². The summed E-state index contributed by atoms with van der Waals surface area (Å²) in [6, 6.07) is 3.63. The summed E-state index contributed by atoms with van der Waals surface area (Å²) in [5.41, 5.74) is 1.26. The SMILES string of the molecule is Cc1noc(C)c1-c1cc(C(=O)O)ccc1F. The van der Waals surface area contributed by atoms with E-state index in [9.17, 15) is 9.18 Å². The molecule has 0 aliphatic rings. The van der Waals surface area contributed by atoms with Gasteiger partial charge in [0.1, 0.15) is 11.6 Å². The highest BCUT2D eigenvalue weighted by atomic mass is 19.1. The first-order chi connectivity index (χ1) is 8.00. The van der Waals surface area contributed by atoms with Gasteiger partial charge in [-0.1, -0.05) is 5.16 Å². The number of hydrogen-bond acceptors (Lipinski definition) is 3. The van der Waals surface area contributed by atoms with Crippen LogP contribution in [0.4, 0.5) is 4.39 Å². The maximum atomic E-state index is 13.7. The number of benzene rings is 1. The number of carboxylic acid groups (broad SMARTS) is 1. The van der Waals surface area contributed by atoms with Crippen molar-refractivity contribution in [3.05, 3.63) is 41.0 Å². The molecule has 1 aromatic heterocycles. The van der Waals surface area contributed by atoms with Crippen LogP contribution < -0.4 is 0 Å². The van der Waals surface area contributed by atoms with Gasteiger partial charge in [0, 0.05) is 5.56 Å². The highest BCUT2D eigenvalue weighted by molar-refractivity contribution is 5.89. The normalized spacial score (nSPS) is 10.5. The standard InChI is InChI=1S/C12H10FNO3/c1-6-11(7(2)17-14-6)9-5-8(12(15)16)3-4-10(9)13/h3-5H,1-2H3,(H,15,16). The fraction of sp³-hybridized carbons (Fsp3) is 0.167.